The zero-order valence-corrected chi connectivity index (χ0v) is 30.4. The Balaban J connectivity index is 2.10. The van der Waals surface area contributed by atoms with Crippen molar-refractivity contribution in [3.8, 4) is 0 Å². The normalized spacial score (nSPS) is 28.2. The fraction of sp³-hybridized carbons (Fsp3) is 0.889. The third-order valence-corrected chi connectivity index (χ3v) is 9.77. The standard InChI is InChI=1S/C36H66O9/c1-27(2)14-12-20-34(6,42-25-39-10)30(41-24-38-9)18-22-33(5,37)29-16-17-31(44-29)36(8)23-19-32(45-36)35(7,43-26-40-11)21-13-15-28(3)4/h14-15,29-32,37H,12-13,16-26H2,1-11H3/t29-,30+,31+,32-,33+,34-,35+,36-/m1/s1. The Morgan fingerprint density at radius 2 is 1.42 bits per heavy atom. The third-order valence-electron chi connectivity index (χ3n) is 9.77. The van der Waals surface area contributed by atoms with Crippen molar-refractivity contribution in [1.82, 2.24) is 0 Å². The van der Waals surface area contributed by atoms with Gasteiger partial charge in [0.15, 0.2) is 0 Å². The Kier molecular flexibility index (Phi) is 16.7. The van der Waals surface area contributed by atoms with Gasteiger partial charge in [-0.05, 0) is 120 Å². The van der Waals surface area contributed by atoms with Gasteiger partial charge in [-0.25, -0.2) is 0 Å². The largest absolute Gasteiger partial charge is 0.387 e. The second kappa shape index (κ2) is 18.6. The number of hydrogen-bond donors (Lipinski definition) is 1. The first-order valence-electron chi connectivity index (χ1n) is 16.8. The maximum Gasteiger partial charge on any atom is 0.147 e. The predicted octanol–water partition coefficient (Wildman–Crippen LogP) is 7.24. The van der Waals surface area contributed by atoms with Gasteiger partial charge < -0.3 is 43.0 Å². The molecular weight excluding hydrogens is 576 g/mol. The van der Waals surface area contributed by atoms with Gasteiger partial charge in [-0.1, -0.05) is 23.3 Å². The molecule has 0 aromatic rings. The summed E-state index contributed by atoms with van der Waals surface area (Å²) >= 11 is 0. The van der Waals surface area contributed by atoms with Crippen LogP contribution in [0.5, 0.6) is 0 Å². The lowest BCUT2D eigenvalue weighted by atomic mass is 9.84. The van der Waals surface area contributed by atoms with E-state index in [-0.39, 0.29) is 44.8 Å². The van der Waals surface area contributed by atoms with E-state index in [1.807, 2.05) is 6.92 Å². The molecular formula is C36H66O9. The number of methoxy groups -OCH3 is 3. The molecule has 2 rings (SSSR count). The average Bonchev–Trinajstić information content (AvgIpc) is 3.64. The van der Waals surface area contributed by atoms with E-state index in [4.69, 9.17) is 37.9 Å². The highest BCUT2D eigenvalue weighted by Gasteiger charge is 2.53. The van der Waals surface area contributed by atoms with E-state index in [0.717, 1.165) is 51.4 Å². The van der Waals surface area contributed by atoms with E-state index in [0.29, 0.717) is 12.8 Å². The van der Waals surface area contributed by atoms with Crippen LogP contribution in [0.25, 0.3) is 0 Å². The molecule has 0 aromatic heterocycles. The lowest BCUT2D eigenvalue weighted by molar-refractivity contribution is -0.218. The molecule has 0 spiro atoms. The summed E-state index contributed by atoms with van der Waals surface area (Å²) in [5, 5.41) is 11.8. The zero-order chi connectivity index (χ0) is 33.7. The van der Waals surface area contributed by atoms with Gasteiger partial charge >= 0.3 is 0 Å². The molecule has 2 aliphatic heterocycles. The van der Waals surface area contributed by atoms with E-state index in [2.05, 4.69) is 60.6 Å². The maximum atomic E-state index is 11.8. The molecule has 2 aliphatic rings. The van der Waals surface area contributed by atoms with Crippen molar-refractivity contribution in [1.29, 1.82) is 0 Å². The summed E-state index contributed by atoms with van der Waals surface area (Å²) in [5.41, 5.74) is -0.0450. The summed E-state index contributed by atoms with van der Waals surface area (Å²) < 4.78 is 47.9. The molecule has 0 aliphatic carbocycles. The molecule has 45 heavy (non-hydrogen) atoms. The van der Waals surface area contributed by atoms with Crippen LogP contribution in [-0.2, 0) is 37.9 Å². The summed E-state index contributed by atoms with van der Waals surface area (Å²) in [7, 11) is 4.88. The van der Waals surface area contributed by atoms with Crippen molar-refractivity contribution in [2.75, 3.05) is 41.7 Å². The summed E-state index contributed by atoms with van der Waals surface area (Å²) in [4.78, 5) is 0. The Hall–Kier alpha value is -0.880. The van der Waals surface area contributed by atoms with E-state index in [9.17, 15) is 5.11 Å². The molecule has 9 nitrogen and oxygen atoms in total. The Bertz CT molecular complexity index is 912. The first-order valence-corrected chi connectivity index (χ1v) is 16.8. The van der Waals surface area contributed by atoms with E-state index >= 15 is 0 Å². The number of hydrogen-bond acceptors (Lipinski definition) is 9. The van der Waals surface area contributed by atoms with Crippen molar-refractivity contribution in [2.45, 2.75) is 166 Å². The minimum absolute atomic E-state index is 0.0683. The first-order chi connectivity index (χ1) is 21.1. The van der Waals surface area contributed by atoms with Crippen molar-refractivity contribution >= 4 is 0 Å². The molecule has 0 saturated carbocycles. The first kappa shape index (κ1) is 40.3. The number of rotatable bonds is 22. The SMILES string of the molecule is COCO[C@@H](CC[C@](C)(O)[C@H]1CC[C@@H]([C@@]2(C)CC[C@H]([C@](C)(CCC=C(C)C)OCOC)O2)O1)[C@@](C)(CCC=C(C)C)OCOC. The van der Waals surface area contributed by atoms with Gasteiger partial charge in [-0.15, -0.1) is 0 Å². The summed E-state index contributed by atoms with van der Waals surface area (Å²) in [6, 6.07) is 0. The quantitative estimate of drug-likeness (QED) is 0.0969. The number of allylic oxidation sites excluding steroid dienone is 4. The van der Waals surface area contributed by atoms with E-state index < -0.39 is 22.4 Å². The highest BCUT2D eigenvalue weighted by Crippen LogP contribution is 2.46. The third kappa shape index (κ3) is 12.3. The van der Waals surface area contributed by atoms with Crippen LogP contribution in [0.2, 0.25) is 0 Å². The molecule has 264 valence electrons. The van der Waals surface area contributed by atoms with Crippen LogP contribution in [0.4, 0.5) is 0 Å². The maximum absolute atomic E-state index is 11.8. The van der Waals surface area contributed by atoms with Crippen LogP contribution in [0, 0.1) is 0 Å². The molecule has 0 bridgehead atoms. The average molecular weight is 643 g/mol. The molecule has 1 N–H and O–H groups in total. The van der Waals surface area contributed by atoms with Crippen LogP contribution in [0.15, 0.2) is 23.3 Å². The highest BCUT2D eigenvalue weighted by molar-refractivity contribution is 5.04. The van der Waals surface area contributed by atoms with Gasteiger partial charge in [0.25, 0.3) is 0 Å². The van der Waals surface area contributed by atoms with Crippen molar-refractivity contribution in [3.05, 3.63) is 23.3 Å². The smallest absolute Gasteiger partial charge is 0.147 e. The van der Waals surface area contributed by atoms with Crippen LogP contribution in [0.3, 0.4) is 0 Å². The minimum atomic E-state index is -1.06. The van der Waals surface area contributed by atoms with Gasteiger partial charge in [-0.3, -0.25) is 0 Å². The van der Waals surface area contributed by atoms with Gasteiger partial charge in [-0.2, -0.15) is 0 Å². The van der Waals surface area contributed by atoms with Crippen molar-refractivity contribution < 1.29 is 43.0 Å². The Morgan fingerprint density at radius 3 is 2.02 bits per heavy atom. The molecule has 9 heteroatoms. The van der Waals surface area contributed by atoms with Gasteiger partial charge in [0.1, 0.15) is 20.4 Å². The number of aliphatic hydroxyl groups is 1. The second-order valence-corrected chi connectivity index (χ2v) is 14.5. The second-order valence-electron chi connectivity index (χ2n) is 14.5. The molecule has 0 radical (unpaired) electrons. The summed E-state index contributed by atoms with van der Waals surface area (Å²) in [5.74, 6) is 0. The van der Waals surface area contributed by atoms with Crippen molar-refractivity contribution in [3.63, 3.8) is 0 Å². The van der Waals surface area contributed by atoms with E-state index in [1.165, 1.54) is 11.1 Å². The lowest BCUT2D eigenvalue weighted by Gasteiger charge is -2.40. The van der Waals surface area contributed by atoms with Crippen molar-refractivity contribution in [2.24, 2.45) is 0 Å². The lowest BCUT2D eigenvalue weighted by Crippen LogP contribution is -2.48. The molecule has 8 atom stereocenters. The van der Waals surface area contributed by atoms with Crippen LogP contribution >= 0.6 is 0 Å². The van der Waals surface area contributed by atoms with Crippen LogP contribution in [0.1, 0.15) is 120 Å². The summed E-state index contributed by atoms with van der Waals surface area (Å²) in [6.07, 6.45) is 11.4. The van der Waals surface area contributed by atoms with E-state index in [1.54, 1.807) is 21.3 Å². The summed E-state index contributed by atoms with van der Waals surface area (Å²) in [6.45, 7) is 17.2. The monoisotopic (exact) mass is 642 g/mol. The number of ether oxygens (including phenoxy) is 8. The minimum Gasteiger partial charge on any atom is -0.387 e. The molecule has 2 saturated heterocycles. The van der Waals surface area contributed by atoms with Gasteiger partial charge in [0.05, 0.1) is 46.8 Å². The van der Waals surface area contributed by atoms with Crippen LogP contribution in [-0.4, -0.2) is 93.6 Å². The molecule has 0 unspecified atom stereocenters. The highest BCUT2D eigenvalue weighted by atomic mass is 16.7. The topological polar surface area (TPSA) is 94.1 Å². The predicted molar refractivity (Wildman–Crippen MR) is 177 cm³/mol. The molecule has 2 heterocycles. The zero-order valence-electron chi connectivity index (χ0n) is 30.4. The molecule has 2 fully saturated rings. The van der Waals surface area contributed by atoms with Gasteiger partial charge in [0, 0.05) is 21.3 Å². The van der Waals surface area contributed by atoms with Crippen LogP contribution < -0.4 is 0 Å². The fourth-order valence-corrected chi connectivity index (χ4v) is 6.70. The Labute approximate surface area is 274 Å². The van der Waals surface area contributed by atoms with Gasteiger partial charge in [0.2, 0.25) is 0 Å². The fourth-order valence-electron chi connectivity index (χ4n) is 6.70. The molecule has 0 amide bonds. The Morgan fingerprint density at radius 1 is 0.822 bits per heavy atom. The molecule has 0 aromatic carbocycles.